The third-order valence-corrected chi connectivity index (χ3v) is 2.64. The van der Waals surface area contributed by atoms with Gasteiger partial charge in [0.05, 0.1) is 0 Å². The highest BCUT2D eigenvalue weighted by atomic mass is 16.1. The van der Waals surface area contributed by atoms with E-state index in [0.717, 1.165) is 12.8 Å². The zero-order valence-corrected chi connectivity index (χ0v) is 11.8. The van der Waals surface area contributed by atoms with Gasteiger partial charge in [0, 0.05) is 12.8 Å². The molecule has 2 heteroatoms. The number of hydrogen-bond acceptors (Lipinski definition) is 2. The minimum atomic E-state index is 0.226. The van der Waals surface area contributed by atoms with E-state index in [9.17, 15) is 9.59 Å². The summed E-state index contributed by atoms with van der Waals surface area (Å²) in [6.45, 7) is 3.23. The van der Waals surface area contributed by atoms with Crippen molar-refractivity contribution in [1.29, 1.82) is 0 Å². The van der Waals surface area contributed by atoms with Crippen LogP contribution in [0.3, 0.4) is 0 Å². The van der Waals surface area contributed by atoms with E-state index < -0.39 is 0 Å². The van der Waals surface area contributed by atoms with Crippen LogP contribution in [0.5, 0.6) is 0 Å². The quantitative estimate of drug-likeness (QED) is 0.402. The molecule has 0 aromatic heterocycles. The van der Waals surface area contributed by atoms with Crippen molar-refractivity contribution in [2.75, 3.05) is 0 Å². The Labute approximate surface area is 111 Å². The van der Waals surface area contributed by atoms with Gasteiger partial charge in [-0.25, -0.2) is 0 Å². The molecule has 0 bridgehead atoms. The molecule has 0 spiro atoms. The van der Waals surface area contributed by atoms with Gasteiger partial charge in [0.2, 0.25) is 0 Å². The van der Waals surface area contributed by atoms with Crippen LogP contribution >= 0.6 is 0 Å². The van der Waals surface area contributed by atoms with Crippen LogP contribution < -0.4 is 0 Å². The molecule has 102 valence electrons. The summed E-state index contributed by atoms with van der Waals surface area (Å²) in [5.74, 6) is 0.451. The number of carbonyl (C=O) groups excluding carboxylic acids is 2. The van der Waals surface area contributed by atoms with Crippen molar-refractivity contribution in [2.24, 2.45) is 0 Å². The molecule has 0 atom stereocenters. The molecule has 0 fully saturated rings. The molecule has 2 nitrogen and oxygen atoms in total. The minimum Gasteiger partial charge on any atom is -0.300 e. The fourth-order valence-corrected chi connectivity index (χ4v) is 1.61. The molecule has 0 unspecified atom stereocenters. The summed E-state index contributed by atoms with van der Waals surface area (Å²) in [7, 11) is 0. The highest BCUT2D eigenvalue weighted by Gasteiger charge is 1.89. The van der Waals surface area contributed by atoms with Crippen LogP contribution in [-0.4, -0.2) is 11.6 Å². The van der Waals surface area contributed by atoms with E-state index in [-0.39, 0.29) is 11.6 Å². The monoisotopic (exact) mass is 250 g/mol. The van der Waals surface area contributed by atoms with Crippen molar-refractivity contribution in [3.05, 3.63) is 24.3 Å². The minimum absolute atomic E-state index is 0.226. The zero-order chi connectivity index (χ0) is 13.6. The van der Waals surface area contributed by atoms with E-state index in [1.54, 1.807) is 13.8 Å². The van der Waals surface area contributed by atoms with Crippen LogP contribution in [0.1, 0.15) is 65.2 Å². The Morgan fingerprint density at radius 3 is 1.39 bits per heavy atom. The second kappa shape index (κ2) is 12.3. The average molecular weight is 250 g/mol. The Morgan fingerprint density at radius 2 is 1.06 bits per heavy atom. The van der Waals surface area contributed by atoms with E-state index in [0.29, 0.717) is 12.8 Å². The number of ketones is 2. The van der Waals surface area contributed by atoms with Crippen LogP contribution in [0.4, 0.5) is 0 Å². The van der Waals surface area contributed by atoms with Gasteiger partial charge in [-0.1, -0.05) is 37.1 Å². The Morgan fingerprint density at radius 1 is 0.667 bits per heavy atom. The lowest BCUT2D eigenvalue weighted by atomic mass is 10.1. The molecule has 0 saturated carbocycles. The van der Waals surface area contributed by atoms with Gasteiger partial charge in [0.1, 0.15) is 11.6 Å². The first-order chi connectivity index (χ1) is 8.63. The zero-order valence-electron chi connectivity index (χ0n) is 11.8. The second-order valence-electron chi connectivity index (χ2n) is 4.75. The summed E-state index contributed by atoms with van der Waals surface area (Å²) in [6.07, 6.45) is 16.3. The third-order valence-electron chi connectivity index (χ3n) is 2.64. The number of allylic oxidation sites excluding steroid dienone is 4. The van der Waals surface area contributed by atoms with Crippen molar-refractivity contribution >= 4 is 11.6 Å². The SMILES string of the molecule is CC(=O)CC=CCCCCCCC=CCC(C)=O. The van der Waals surface area contributed by atoms with E-state index in [2.05, 4.69) is 12.2 Å². The highest BCUT2D eigenvalue weighted by Crippen LogP contribution is 2.07. The van der Waals surface area contributed by atoms with Crippen molar-refractivity contribution in [1.82, 2.24) is 0 Å². The van der Waals surface area contributed by atoms with Gasteiger partial charge in [-0.05, 0) is 39.5 Å². The van der Waals surface area contributed by atoms with Crippen molar-refractivity contribution in [3.8, 4) is 0 Å². The summed E-state index contributed by atoms with van der Waals surface area (Å²) in [5, 5.41) is 0. The molecule has 0 aliphatic rings. The topological polar surface area (TPSA) is 34.1 Å². The first-order valence-electron chi connectivity index (χ1n) is 6.92. The molecular weight excluding hydrogens is 224 g/mol. The fourth-order valence-electron chi connectivity index (χ4n) is 1.61. The van der Waals surface area contributed by atoms with Gasteiger partial charge < -0.3 is 0 Å². The van der Waals surface area contributed by atoms with Crippen LogP contribution in [0, 0.1) is 0 Å². The van der Waals surface area contributed by atoms with E-state index in [1.165, 1.54) is 25.7 Å². The van der Waals surface area contributed by atoms with E-state index in [1.807, 2.05) is 12.2 Å². The molecule has 0 aliphatic heterocycles. The number of Topliss-reactive ketones (excluding diaryl/α,β-unsaturated/α-hetero) is 2. The maximum atomic E-state index is 10.7. The predicted molar refractivity (Wildman–Crippen MR) is 76.6 cm³/mol. The lowest BCUT2D eigenvalue weighted by Crippen LogP contribution is -1.84. The van der Waals surface area contributed by atoms with Gasteiger partial charge in [-0.15, -0.1) is 0 Å². The lowest BCUT2D eigenvalue weighted by molar-refractivity contribution is -0.117. The summed E-state index contributed by atoms with van der Waals surface area (Å²) in [5.41, 5.74) is 0. The molecule has 0 saturated heterocycles. The molecule has 0 radical (unpaired) electrons. The van der Waals surface area contributed by atoms with Crippen LogP contribution in [0.15, 0.2) is 24.3 Å². The van der Waals surface area contributed by atoms with Crippen LogP contribution in [0.2, 0.25) is 0 Å². The Balaban J connectivity index is 3.21. The standard InChI is InChI=1S/C16H26O2/c1-15(17)13-11-9-7-5-3-4-6-8-10-12-14-16(2)18/h9-12H,3-8,13-14H2,1-2H3. The van der Waals surface area contributed by atoms with E-state index >= 15 is 0 Å². The molecule has 0 amide bonds. The summed E-state index contributed by atoms with van der Waals surface area (Å²) < 4.78 is 0. The molecule has 0 N–H and O–H groups in total. The molecular formula is C16H26O2. The van der Waals surface area contributed by atoms with Gasteiger partial charge in [0.25, 0.3) is 0 Å². The van der Waals surface area contributed by atoms with Crippen LogP contribution in [-0.2, 0) is 9.59 Å². The maximum absolute atomic E-state index is 10.7. The first kappa shape index (κ1) is 16.8. The lowest BCUT2D eigenvalue weighted by Gasteiger charge is -1.96. The van der Waals surface area contributed by atoms with Crippen molar-refractivity contribution in [2.45, 2.75) is 65.2 Å². The Kier molecular flexibility index (Phi) is 11.5. The fraction of sp³-hybridized carbons (Fsp3) is 0.625. The second-order valence-corrected chi connectivity index (χ2v) is 4.75. The van der Waals surface area contributed by atoms with Crippen LogP contribution in [0.25, 0.3) is 0 Å². The van der Waals surface area contributed by atoms with E-state index in [4.69, 9.17) is 0 Å². The summed E-state index contributed by atoms with van der Waals surface area (Å²) >= 11 is 0. The average Bonchev–Trinajstić information content (AvgIpc) is 2.29. The normalized spacial score (nSPS) is 11.4. The maximum Gasteiger partial charge on any atom is 0.133 e. The van der Waals surface area contributed by atoms with Crippen molar-refractivity contribution in [3.63, 3.8) is 0 Å². The summed E-state index contributed by atoms with van der Waals surface area (Å²) in [6, 6.07) is 0. The molecule has 0 aromatic carbocycles. The van der Waals surface area contributed by atoms with Gasteiger partial charge >= 0.3 is 0 Å². The largest absolute Gasteiger partial charge is 0.300 e. The number of unbranched alkanes of at least 4 members (excludes halogenated alkanes) is 5. The molecule has 0 aromatic rings. The molecule has 0 rings (SSSR count). The third kappa shape index (κ3) is 14.8. The van der Waals surface area contributed by atoms with Gasteiger partial charge in [-0.3, -0.25) is 9.59 Å². The smallest absolute Gasteiger partial charge is 0.133 e. The molecule has 0 heterocycles. The Bertz CT molecular complexity index is 257. The summed E-state index contributed by atoms with van der Waals surface area (Å²) in [4.78, 5) is 21.3. The van der Waals surface area contributed by atoms with Gasteiger partial charge in [0.15, 0.2) is 0 Å². The highest BCUT2D eigenvalue weighted by molar-refractivity contribution is 5.77. The number of hydrogen-bond donors (Lipinski definition) is 0. The first-order valence-corrected chi connectivity index (χ1v) is 6.92. The molecule has 0 aliphatic carbocycles. The number of rotatable bonds is 11. The molecule has 18 heavy (non-hydrogen) atoms. The van der Waals surface area contributed by atoms with Crippen molar-refractivity contribution < 1.29 is 9.59 Å². The number of carbonyl (C=O) groups is 2. The predicted octanol–water partition coefficient (Wildman–Crippen LogP) is 4.40. The van der Waals surface area contributed by atoms with Gasteiger partial charge in [-0.2, -0.15) is 0 Å². The Hall–Kier alpha value is -1.18.